The first-order valence-corrected chi connectivity index (χ1v) is 4.88. The van der Waals surface area contributed by atoms with E-state index in [9.17, 15) is 0 Å². The van der Waals surface area contributed by atoms with Gasteiger partial charge >= 0.3 is 0 Å². The van der Waals surface area contributed by atoms with Crippen molar-refractivity contribution in [1.82, 2.24) is 0 Å². The molecule has 2 heteroatoms. The smallest absolute Gasteiger partial charge is 0.0682 e. The van der Waals surface area contributed by atoms with Gasteiger partial charge in [0.1, 0.15) is 0 Å². The quantitative estimate of drug-likeness (QED) is 0.780. The van der Waals surface area contributed by atoms with Crippen molar-refractivity contribution >= 4 is 11.6 Å². The molecule has 1 N–H and O–H groups in total. The number of hydrogen-bond acceptors (Lipinski definition) is 1. The predicted molar refractivity (Wildman–Crippen MR) is 61.5 cm³/mol. The maximum absolute atomic E-state index is 8.58. The zero-order chi connectivity index (χ0) is 10.9. The lowest BCUT2D eigenvalue weighted by atomic mass is 10.2. The Morgan fingerprint density at radius 3 is 2.13 bits per heavy atom. The van der Waals surface area contributed by atoms with E-state index in [2.05, 4.69) is 12.1 Å². The van der Waals surface area contributed by atoms with Crippen LogP contribution in [0.4, 0.5) is 0 Å². The average molecular weight is 219 g/mol. The first-order valence-electron chi connectivity index (χ1n) is 4.50. The maximum Gasteiger partial charge on any atom is 0.0682 e. The fraction of sp³-hybridized carbons (Fsp3) is 0.0769. The van der Waals surface area contributed by atoms with Crippen LogP contribution in [-0.2, 0) is 6.61 Å². The first-order chi connectivity index (χ1) is 7.33. The summed E-state index contributed by atoms with van der Waals surface area (Å²) in [6.07, 6.45) is 0. The summed E-state index contributed by atoms with van der Waals surface area (Å²) in [6.45, 7) is 0.0249. The summed E-state index contributed by atoms with van der Waals surface area (Å²) in [5.41, 5.74) is 0.794. The van der Waals surface area contributed by atoms with Crippen LogP contribution >= 0.6 is 11.6 Å². The first kappa shape index (κ1) is 11.8. The van der Waals surface area contributed by atoms with Crippen LogP contribution in [0.2, 0.25) is 5.02 Å². The Balaban J connectivity index is 0.000000162. The second kappa shape index (κ2) is 7.04. The van der Waals surface area contributed by atoms with E-state index in [0.717, 1.165) is 5.56 Å². The molecule has 0 bridgehead atoms. The van der Waals surface area contributed by atoms with Crippen LogP contribution in [0, 0.1) is 12.1 Å². The van der Waals surface area contributed by atoms with E-state index in [0.29, 0.717) is 5.02 Å². The fourth-order valence-corrected chi connectivity index (χ4v) is 1.13. The molecule has 0 saturated heterocycles. The molecule has 0 spiro atoms. The van der Waals surface area contributed by atoms with E-state index in [4.69, 9.17) is 16.7 Å². The second-order valence-electron chi connectivity index (χ2n) is 2.79. The standard InChI is InChI=1S/C7H6ClO.C6H5/c8-7-3-1-2-6(4-7)5-9;1-2-4-6-5-3-1/h2-4,9H,5H2;1-5H. The molecule has 0 aliphatic carbocycles. The van der Waals surface area contributed by atoms with Crippen LogP contribution in [0.25, 0.3) is 0 Å². The van der Waals surface area contributed by atoms with Crippen molar-refractivity contribution in [2.75, 3.05) is 0 Å². The van der Waals surface area contributed by atoms with Gasteiger partial charge in [0, 0.05) is 5.02 Å². The summed E-state index contributed by atoms with van der Waals surface area (Å²) in [7, 11) is 0. The van der Waals surface area contributed by atoms with E-state index < -0.39 is 0 Å². The van der Waals surface area contributed by atoms with Crippen molar-refractivity contribution in [3.8, 4) is 0 Å². The molecule has 0 amide bonds. The highest BCUT2D eigenvalue weighted by Crippen LogP contribution is 2.09. The SMILES string of the molecule is OCc1c[c]cc(Cl)c1.[c]1ccccc1. The van der Waals surface area contributed by atoms with Crippen molar-refractivity contribution < 1.29 is 5.11 Å². The van der Waals surface area contributed by atoms with Crippen molar-refractivity contribution in [3.05, 3.63) is 71.2 Å². The van der Waals surface area contributed by atoms with Gasteiger partial charge in [-0.25, -0.2) is 0 Å². The van der Waals surface area contributed by atoms with Gasteiger partial charge in [0.25, 0.3) is 0 Å². The van der Waals surface area contributed by atoms with Crippen LogP contribution in [0.5, 0.6) is 0 Å². The number of aliphatic hydroxyl groups excluding tert-OH is 1. The van der Waals surface area contributed by atoms with Gasteiger partial charge in [-0.2, -0.15) is 0 Å². The molecular weight excluding hydrogens is 208 g/mol. The Hall–Kier alpha value is -1.31. The Labute approximate surface area is 95.0 Å². The molecule has 0 saturated carbocycles. The molecule has 0 fully saturated rings. The number of rotatable bonds is 1. The molecule has 0 atom stereocenters. The molecule has 0 aliphatic heterocycles. The van der Waals surface area contributed by atoms with Crippen molar-refractivity contribution in [1.29, 1.82) is 0 Å². The van der Waals surface area contributed by atoms with Gasteiger partial charge in [0.15, 0.2) is 0 Å². The maximum atomic E-state index is 8.58. The third kappa shape index (κ3) is 5.21. The number of halogens is 1. The molecule has 1 nitrogen and oxygen atoms in total. The highest BCUT2D eigenvalue weighted by Gasteiger charge is 1.88. The molecule has 0 aromatic heterocycles. The summed E-state index contributed by atoms with van der Waals surface area (Å²) in [4.78, 5) is 0. The van der Waals surface area contributed by atoms with Gasteiger partial charge in [0.2, 0.25) is 0 Å². The van der Waals surface area contributed by atoms with Gasteiger partial charge in [-0.3, -0.25) is 0 Å². The van der Waals surface area contributed by atoms with E-state index in [1.807, 2.05) is 30.3 Å². The molecule has 0 aliphatic rings. The third-order valence-corrected chi connectivity index (χ3v) is 1.82. The minimum Gasteiger partial charge on any atom is -0.392 e. The minimum atomic E-state index is 0.0249. The Kier molecular flexibility index (Phi) is 5.52. The van der Waals surface area contributed by atoms with Gasteiger partial charge < -0.3 is 5.11 Å². The fourth-order valence-electron chi connectivity index (χ4n) is 0.922. The monoisotopic (exact) mass is 218 g/mol. The molecule has 2 aromatic rings. The number of hydrogen-bond donors (Lipinski definition) is 1. The van der Waals surface area contributed by atoms with E-state index in [-0.39, 0.29) is 6.61 Å². The average Bonchev–Trinajstić information content (AvgIpc) is 2.32. The van der Waals surface area contributed by atoms with E-state index in [1.165, 1.54) is 0 Å². The topological polar surface area (TPSA) is 20.2 Å². The van der Waals surface area contributed by atoms with Gasteiger partial charge in [-0.1, -0.05) is 41.9 Å². The summed E-state index contributed by atoms with van der Waals surface area (Å²) in [5, 5.41) is 9.20. The molecule has 0 unspecified atom stereocenters. The Morgan fingerprint density at radius 1 is 1.07 bits per heavy atom. The van der Waals surface area contributed by atoms with Crippen LogP contribution in [0.15, 0.2) is 48.5 Å². The lowest BCUT2D eigenvalue weighted by Gasteiger charge is -1.92. The molecule has 15 heavy (non-hydrogen) atoms. The summed E-state index contributed by atoms with van der Waals surface area (Å²) in [6, 6.07) is 20.3. The molecule has 76 valence electrons. The van der Waals surface area contributed by atoms with Gasteiger partial charge in [-0.05, 0) is 35.9 Å². The van der Waals surface area contributed by atoms with Crippen LogP contribution in [0.3, 0.4) is 0 Å². The molecule has 2 aromatic carbocycles. The molecule has 0 heterocycles. The van der Waals surface area contributed by atoms with Crippen LogP contribution < -0.4 is 0 Å². The largest absolute Gasteiger partial charge is 0.392 e. The van der Waals surface area contributed by atoms with Crippen LogP contribution in [0.1, 0.15) is 5.56 Å². The summed E-state index contributed by atoms with van der Waals surface area (Å²) >= 11 is 5.58. The third-order valence-electron chi connectivity index (χ3n) is 1.60. The normalized spacial score (nSPS) is 8.93. The summed E-state index contributed by atoms with van der Waals surface area (Å²) < 4.78 is 0. The predicted octanol–water partition coefficient (Wildman–Crippen LogP) is 3.12. The van der Waals surface area contributed by atoms with E-state index in [1.54, 1.807) is 18.2 Å². The Morgan fingerprint density at radius 2 is 1.80 bits per heavy atom. The Bertz CT molecular complexity index is 347. The second-order valence-corrected chi connectivity index (χ2v) is 3.23. The molecule has 2 radical (unpaired) electrons. The van der Waals surface area contributed by atoms with Crippen molar-refractivity contribution in [3.63, 3.8) is 0 Å². The van der Waals surface area contributed by atoms with Crippen LogP contribution in [-0.4, -0.2) is 5.11 Å². The number of benzene rings is 2. The molecule has 2 rings (SSSR count). The highest BCUT2D eigenvalue weighted by molar-refractivity contribution is 6.30. The minimum absolute atomic E-state index is 0.0249. The molecular formula is C13H11ClO. The van der Waals surface area contributed by atoms with E-state index >= 15 is 0 Å². The highest BCUT2D eigenvalue weighted by atomic mass is 35.5. The lowest BCUT2D eigenvalue weighted by molar-refractivity contribution is 0.282. The zero-order valence-corrected chi connectivity index (χ0v) is 8.91. The number of aliphatic hydroxyl groups is 1. The van der Waals surface area contributed by atoms with Crippen molar-refractivity contribution in [2.45, 2.75) is 6.61 Å². The summed E-state index contributed by atoms with van der Waals surface area (Å²) in [5.74, 6) is 0. The zero-order valence-electron chi connectivity index (χ0n) is 8.15. The van der Waals surface area contributed by atoms with Gasteiger partial charge in [-0.15, -0.1) is 0 Å². The van der Waals surface area contributed by atoms with Gasteiger partial charge in [0.05, 0.1) is 6.61 Å². The van der Waals surface area contributed by atoms with Crippen molar-refractivity contribution in [2.24, 2.45) is 0 Å². The lowest BCUT2D eigenvalue weighted by Crippen LogP contribution is -1.79.